The van der Waals surface area contributed by atoms with Gasteiger partial charge < -0.3 is 24.5 Å². The molecular weight excluding hydrogens is 414 g/mol. The zero-order valence-electron chi connectivity index (χ0n) is 18.9. The van der Waals surface area contributed by atoms with Gasteiger partial charge in [-0.15, -0.1) is 0 Å². The number of aliphatic hydroxyl groups is 1. The summed E-state index contributed by atoms with van der Waals surface area (Å²) in [7, 11) is 2.99. The van der Waals surface area contributed by atoms with Gasteiger partial charge in [-0.25, -0.2) is 4.79 Å². The van der Waals surface area contributed by atoms with Gasteiger partial charge in [-0.2, -0.15) is 4.98 Å². The molecule has 32 heavy (non-hydrogen) atoms. The molecule has 0 amide bonds. The number of imidazole rings is 1. The van der Waals surface area contributed by atoms with Crippen LogP contribution in [0.4, 0.5) is 5.95 Å². The molecule has 10 nitrogen and oxygen atoms in total. The van der Waals surface area contributed by atoms with Gasteiger partial charge in [0.25, 0.3) is 5.56 Å². The minimum Gasteiger partial charge on any atom is -0.491 e. The molecule has 2 heterocycles. The van der Waals surface area contributed by atoms with Crippen molar-refractivity contribution in [3.63, 3.8) is 0 Å². The number of ether oxygens (including phenoxy) is 2. The van der Waals surface area contributed by atoms with E-state index in [9.17, 15) is 14.7 Å². The van der Waals surface area contributed by atoms with Gasteiger partial charge in [0, 0.05) is 27.2 Å². The number of para-hydroxylation sites is 1. The molecule has 0 aliphatic carbocycles. The Balaban J connectivity index is 1.85. The predicted molar refractivity (Wildman–Crippen MR) is 122 cm³/mol. The molecule has 174 valence electrons. The molecular formula is C22H31N5O5. The standard InChI is InChI=1S/C22H31N5O5/c1-15(2)31-12-8-11-23-21-24-19-18(20(29)26(4)22(30)25(19)3)27(21)13-16(28)14-32-17-9-6-5-7-10-17/h5-7,9-10,15-16,28H,8,11-14H2,1-4H3,(H,23,24). The molecule has 0 saturated carbocycles. The van der Waals surface area contributed by atoms with Crippen molar-refractivity contribution in [3.05, 3.63) is 51.2 Å². The highest BCUT2D eigenvalue weighted by atomic mass is 16.5. The number of hydrogen-bond donors (Lipinski definition) is 2. The first kappa shape index (κ1) is 23.6. The summed E-state index contributed by atoms with van der Waals surface area (Å²) >= 11 is 0. The molecule has 1 unspecified atom stereocenters. The number of aromatic nitrogens is 4. The first-order valence-electron chi connectivity index (χ1n) is 10.7. The topological polar surface area (TPSA) is 113 Å². The average Bonchev–Trinajstić information content (AvgIpc) is 3.13. The van der Waals surface area contributed by atoms with Crippen molar-refractivity contribution in [3.8, 4) is 5.75 Å². The minimum absolute atomic E-state index is 0.0391. The van der Waals surface area contributed by atoms with E-state index in [4.69, 9.17) is 9.47 Å². The molecule has 1 atom stereocenters. The summed E-state index contributed by atoms with van der Waals surface area (Å²) in [6.07, 6.45) is -0.0193. The molecule has 2 N–H and O–H groups in total. The van der Waals surface area contributed by atoms with Gasteiger partial charge in [-0.05, 0) is 32.4 Å². The van der Waals surface area contributed by atoms with Crippen molar-refractivity contribution in [2.45, 2.75) is 39.0 Å². The SMILES string of the molecule is CC(C)OCCCNc1nc2c(c(=O)n(C)c(=O)n2C)n1CC(O)COc1ccccc1. The van der Waals surface area contributed by atoms with Crippen LogP contribution in [0.15, 0.2) is 39.9 Å². The fourth-order valence-electron chi connectivity index (χ4n) is 3.32. The van der Waals surface area contributed by atoms with Gasteiger partial charge in [0.05, 0.1) is 12.6 Å². The van der Waals surface area contributed by atoms with Crippen LogP contribution in [0.3, 0.4) is 0 Å². The number of nitrogens with one attached hydrogen (secondary N) is 1. The van der Waals surface area contributed by atoms with E-state index in [0.717, 1.165) is 11.0 Å². The van der Waals surface area contributed by atoms with Crippen LogP contribution in [0.1, 0.15) is 20.3 Å². The molecule has 1 aromatic carbocycles. The Morgan fingerprint density at radius 2 is 1.84 bits per heavy atom. The Kier molecular flexibility index (Phi) is 7.70. The molecule has 3 aromatic rings. The number of aliphatic hydroxyl groups excluding tert-OH is 1. The van der Waals surface area contributed by atoms with E-state index in [1.165, 1.54) is 11.6 Å². The summed E-state index contributed by atoms with van der Waals surface area (Å²) < 4.78 is 15.2. The molecule has 0 aliphatic heterocycles. The van der Waals surface area contributed by atoms with Crippen LogP contribution in [0.5, 0.6) is 5.75 Å². The summed E-state index contributed by atoms with van der Waals surface area (Å²) in [5.74, 6) is 1.05. The first-order valence-corrected chi connectivity index (χ1v) is 10.7. The van der Waals surface area contributed by atoms with Gasteiger partial charge in [0.15, 0.2) is 11.2 Å². The quantitative estimate of drug-likeness (QED) is 0.425. The van der Waals surface area contributed by atoms with E-state index in [0.29, 0.717) is 24.8 Å². The van der Waals surface area contributed by atoms with Crippen molar-refractivity contribution < 1.29 is 14.6 Å². The normalized spacial score (nSPS) is 12.4. The fraction of sp³-hybridized carbons (Fsp3) is 0.500. The van der Waals surface area contributed by atoms with E-state index in [-0.39, 0.29) is 30.4 Å². The van der Waals surface area contributed by atoms with Crippen LogP contribution >= 0.6 is 0 Å². The van der Waals surface area contributed by atoms with Crippen molar-refractivity contribution in [2.24, 2.45) is 14.1 Å². The van der Waals surface area contributed by atoms with E-state index in [2.05, 4.69) is 10.3 Å². The Morgan fingerprint density at radius 3 is 2.53 bits per heavy atom. The minimum atomic E-state index is -0.903. The maximum Gasteiger partial charge on any atom is 0.332 e. The number of hydrogen-bond acceptors (Lipinski definition) is 7. The molecule has 0 bridgehead atoms. The van der Waals surface area contributed by atoms with Gasteiger partial charge in [-0.1, -0.05) is 18.2 Å². The van der Waals surface area contributed by atoms with Crippen LogP contribution in [0.25, 0.3) is 11.2 Å². The van der Waals surface area contributed by atoms with Crippen LogP contribution in [-0.4, -0.2) is 55.8 Å². The van der Waals surface area contributed by atoms with Gasteiger partial charge >= 0.3 is 5.69 Å². The summed E-state index contributed by atoms with van der Waals surface area (Å²) in [6.45, 7) is 5.20. The van der Waals surface area contributed by atoms with Crippen molar-refractivity contribution in [2.75, 3.05) is 25.1 Å². The summed E-state index contributed by atoms with van der Waals surface area (Å²) in [6, 6.07) is 9.18. The number of fused-ring (bicyclic) bond motifs is 1. The number of anilines is 1. The molecule has 0 saturated heterocycles. The van der Waals surface area contributed by atoms with Crippen LogP contribution in [0.2, 0.25) is 0 Å². The lowest BCUT2D eigenvalue weighted by molar-refractivity contribution is 0.0786. The summed E-state index contributed by atoms with van der Waals surface area (Å²) in [4.78, 5) is 29.7. The largest absolute Gasteiger partial charge is 0.491 e. The third-order valence-electron chi connectivity index (χ3n) is 4.98. The van der Waals surface area contributed by atoms with Crippen LogP contribution in [-0.2, 0) is 25.4 Å². The van der Waals surface area contributed by atoms with E-state index >= 15 is 0 Å². The molecule has 2 aromatic heterocycles. The lowest BCUT2D eigenvalue weighted by Crippen LogP contribution is -2.38. The zero-order chi connectivity index (χ0) is 23.3. The second kappa shape index (κ2) is 10.5. The predicted octanol–water partition coefficient (Wildman–Crippen LogP) is 1.10. The molecule has 10 heteroatoms. The Hall–Kier alpha value is -3.11. The molecule has 0 spiro atoms. The fourth-order valence-corrected chi connectivity index (χ4v) is 3.32. The number of aryl methyl sites for hydroxylation is 1. The molecule has 3 rings (SSSR count). The van der Waals surface area contributed by atoms with Crippen LogP contribution < -0.4 is 21.3 Å². The highest BCUT2D eigenvalue weighted by molar-refractivity contribution is 5.74. The Labute approximate surface area is 186 Å². The highest BCUT2D eigenvalue weighted by Gasteiger charge is 2.21. The van der Waals surface area contributed by atoms with Crippen molar-refractivity contribution in [1.29, 1.82) is 0 Å². The maximum atomic E-state index is 12.9. The average molecular weight is 446 g/mol. The monoisotopic (exact) mass is 445 g/mol. The second-order valence-electron chi connectivity index (χ2n) is 7.90. The molecule has 0 aliphatic rings. The van der Waals surface area contributed by atoms with E-state index < -0.39 is 17.4 Å². The third kappa shape index (κ3) is 5.38. The van der Waals surface area contributed by atoms with Crippen molar-refractivity contribution in [1.82, 2.24) is 18.7 Å². The summed E-state index contributed by atoms with van der Waals surface area (Å²) in [5, 5.41) is 13.8. The Morgan fingerprint density at radius 1 is 1.12 bits per heavy atom. The van der Waals surface area contributed by atoms with Gasteiger partial charge in [-0.3, -0.25) is 13.9 Å². The van der Waals surface area contributed by atoms with E-state index in [1.807, 2.05) is 32.0 Å². The second-order valence-corrected chi connectivity index (χ2v) is 7.90. The smallest absolute Gasteiger partial charge is 0.332 e. The van der Waals surface area contributed by atoms with Gasteiger partial charge in [0.2, 0.25) is 5.95 Å². The number of benzene rings is 1. The lowest BCUT2D eigenvalue weighted by atomic mass is 10.3. The first-order chi connectivity index (χ1) is 15.3. The molecule has 0 fully saturated rings. The van der Waals surface area contributed by atoms with Crippen LogP contribution in [0, 0.1) is 0 Å². The maximum absolute atomic E-state index is 12.9. The molecule has 0 radical (unpaired) electrons. The highest BCUT2D eigenvalue weighted by Crippen LogP contribution is 2.17. The number of rotatable bonds is 11. The van der Waals surface area contributed by atoms with Crippen molar-refractivity contribution >= 4 is 17.1 Å². The van der Waals surface area contributed by atoms with E-state index in [1.54, 1.807) is 23.7 Å². The summed E-state index contributed by atoms with van der Waals surface area (Å²) in [5.41, 5.74) is -0.426. The van der Waals surface area contributed by atoms with Gasteiger partial charge in [0.1, 0.15) is 18.5 Å². The lowest BCUT2D eigenvalue weighted by Gasteiger charge is -2.16. The third-order valence-corrected chi connectivity index (χ3v) is 4.98. The zero-order valence-corrected chi connectivity index (χ0v) is 18.9. The number of nitrogens with zero attached hydrogens (tertiary/aromatic N) is 4. The Bertz CT molecular complexity index is 1150.